The lowest BCUT2D eigenvalue weighted by atomic mass is 10.1. The van der Waals surface area contributed by atoms with Gasteiger partial charge in [0.15, 0.2) is 5.82 Å². The predicted molar refractivity (Wildman–Crippen MR) is 57.1 cm³/mol. The quantitative estimate of drug-likeness (QED) is 0.825. The van der Waals surface area contributed by atoms with Crippen LogP contribution in [0.5, 0.6) is 0 Å². The van der Waals surface area contributed by atoms with Gasteiger partial charge in [0.1, 0.15) is 5.52 Å². The van der Waals surface area contributed by atoms with Gasteiger partial charge in [-0.05, 0) is 31.5 Å². The fraction of sp³-hybridized carbons (Fsp3) is 0.300. The number of hydrogen-bond donors (Lipinski definition) is 1. The molecule has 2 N–H and O–H groups in total. The molecule has 0 aliphatic heterocycles. The normalized spacial score (nSPS) is 11.1. The molecule has 0 aliphatic rings. The van der Waals surface area contributed by atoms with Gasteiger partial charge in [-0.3, -0.25) is 0 Å². The summed E-state index contributed by atoms with van der Waals surface area (Å²) in [5.74, 6) is -0.211. The van der Waals surface area contributed by atoms with Crippen LogP contribution < -0.4 is 5.73 Å². The summed E-state index contributed by atoms with van der Waals surface area (Å²) in [5, 5.41) is 0.892. The van der Waals surface area contributed by atoms with Crippen LogP contribution in [0, 0.1) is 12.7 Å². The van der Waals surface area contributed by atoms with E-state index in [2.05, 4.69) is 4.98 Å². The minimum absolute atomic E-state index is 0.211. The van der Waals surface area contributed by atoms with Crippen molar-refractivity contribution in [2.24, 2.45) is 5.73 Å². The molecule has 0 bridgehead atoms. The molecule has 14 heavy (non-hydrogen) atoms. The first-order valence-corrected chi connectivity index (χ1v) is 5.28. The molecule has 0 fully saturated rings. The van der Waals surface area contributed by atoms with Crippen molar-refractivity contribution in [3.05, 3.63) is 28.5 Å². The van der Waals surface area contributed by atoms with Gasteiger partial charge in [-0.15, -0.1) is 11.3 Å². The first-order chi connectivity index (χ1) is 6.72. The molecule has 1 aromatic heterocycles. The Labute approximate surface area is 85.6 Å². The maximum Gasteiger partial charge on any atom is 0.153 e. The number of fused-ring (bicyclic) bond motifs is 1. The molecule has 2 nitrogen and oxygen atoms in total. The third-order valence-corrected chi connectivity index (χ3v) is 3.04. The number of aryl methyl sites for hydroxylation is 1. The molecule has 0 amide bonds. The molecule has 0 radical (unpaired) electrons. The van der Waals surface area contributed by atoms with Crippen LogP contribution in [0.4, 0.5) is 4.39 Å². The van der Waals surface area contributed by atoms with E-state index in [0.717, 1.165) is 9.71 Å². The zero-order valence-electron chi connectivity index (χ0n) is 7.88. The van der Waals surface area contributed by atoms with Gasteiger partial charge in [-0.25, -0.2) is 9.37 Å². The third-order valence-electron chi connectivity index (χ3n) is 2.10. The summed E-state index contributed by atoms with van der Waals surface area (Å²) in [6.07, 6.45) is 0.568. The van der Waals surface area contributed by atoms with Crippen LogP contribution in [-0.4, -0.2) is 11.5 Å². The Morgan fingerprint density at radius 3 is 3.00 bits per heavy atom. The summed E-state index contributed by atoms with van der Waals surface area (Å²) in [4.78, 5) is 4.16. The van der Waals surface area contributed by atoms with Gasteiger partial charge in [0, 0.05) is 0 Å². The van der Waals surface area contributed by atoms with E-state index in [1.165, 1.54) is 11.3 Å². The number of benzene rings is 1. The topological polar surface area (TPSA) is 38.9 Å². The van der Waals surface area contributed by atoms with Crippen molar-refractivity contribution in [3.63, 3.8) is 0 Å². The average molecular weight is 210 g/mol. The number of hydrogen-bond acceptors (Lipinski definition) is 3. The number of nitrogens with zero attached hydrogens (tertiary/aromatic N) is 1. The molecule has 0 atom stereocenters. The molecule has 0 unspecified atom stereocenters. The molecule has 4 heteroatoms. The van der Waals surface area contributed by atoms with Crippen molar-refractivity contribution in [1.82, 2.24) is 4.98 Å². The molecule has 0 aliphatic carbocycles. The Kier molecular flexibility index (Phi) is 2.48. The Morgan fingerprint density at radius 2 is 2.29 bits per heavy atom. The van der Waals surface area contributed by atoms with E-state index in [4.69, 9.17) is 5.73 Å². The van der Waals surface area contributed by atoms with Crippen molar-refractivity contribution in [1.29, 1.82) is 0 Å². The Morgan fingerprint density at radius 1 is 1.50 bits per heavy atom. The van der Waals surface area contributed by atoms with Crippen molar-refractivity contribution in [2.45, 2.75) is 13.3 Å². The molecular weight excluding hydrogens is 199 g/mol. The van der Waals surface area contributed by atoms with Gasteiger partial charge in [0.2, 0.25) is 0 Å². The summed E-state index contributed by atoms with van der Waals surface area (Å²) in [6.45, 7) is 2.35. The average Bonchev–Trinajstić information content (AvgIpc) is 2.52. The number of nitrogens with two attached hydrogens (primary N) is 1. The van der Waals surface area contributed by atoms with Crippen LogP contribution in [0.25, 0.3) is 10.2 Å². The van der Waals surface area contributed by atoms with Gasteiger partial charge >= 0.3 is 0 Å². The maximum absolute atomic E-state index is 13.8. The lowest BCUT2D eigenvalue weighted by Crippen LogP contribution is -2.04. The second-order valence-corrected chi connectivity index (χ2v) is 4.39. The van der Waals surface area contributed by atoms with Gasteiger partial charge in [0.05, 0.1) is 9.71 Å². The second kappa shape index (κ2) is 3.63. The van der Waals surface area contributed by atoms with Gasteiger partial charge in [-0.1, -0.05) is 6.07 Å². The summed E-state index contributed by atoms with van der Waals surface area (Å²) in [7, 11) is 0. The molecule has 74 valence electrons. The van der Waals surface area contributed by atoms with E-state index >= 15 is 0 Å². The van der Waals surface area contributed by atoms with Crippen molar-refractivity contribution >= 4 is 21.6 Å². The Balaban J connectivity index is 2.61. The monoisotopic (exact) mass is 210 g/mol. The maximum atomic E-state index is 13.8. The summed E-state index contributed by atoms with van der Waals surface area (Å²) in [6, 6.07) is 3.70. The molecular formula is C10H11FN2S. The molecule has 1 aromatic carbocycles. The summed E-state index contributed by atoms with van der Waals surface area (Å²) in [5.41, 5.74) is 6.54. The number of thiazole rings is 1. The van der Waals surface area contributed by atoms with Gasteiger partial charge < -0.3 is 5.73 Å². The summed E-state index contributed by atoms with van der Waals surface area (Å²) >= 11 is 1.51. The van der Waals surface area contributed by atoms with Crippen LogP contribution >= 0.6 is 11.3 Å². The minimum Gasteiger partial charge on any atom is -0.330 e. The highest BCUT2D eigenvalue weighted by Gasteiger charge is 2.10. The van der Waals surface area contributed by atoms with Crippen LogP contribution in [0.2, 0.25) is 0 Å². The molecule has 2 rings (SSSR count). The number of aromatic nitrogens is 1. The van der Waals surface area contributed by atoms with Gasteiger partial charge in [-0.2, -0.15) is 0 Å². The third kappa shape index (κ3) is 1.51. The summed E-state index contributed by atoms with van der Waals surface area (Å²) < 4.78 is 14.7. The highest BCUT2D eigenvalue weighted by Crippen LogP contribution is 2.25. The van der Waals surface area contributed by atoms with Crippen LogP contribution in [0.3, 0.4) is 0 Å². The molecule has 2 aromatic rings. The smallest absolute Gasteiger partial charge is 0.153 e. The van der Waals surface area contributed by atoms with Crippen LogP contribution in [0.15, 0.2) is 12.1 Å². The highest BCUT2D eigenvalue weighted by molar-refractivity contribution is 7.18. The Bertz CT molecular complexity index is 464. The molecule has 1 heterocycles. The second-order valence-electron chi connectivity index (χ2n) is 3.16. The molecule has 0 saturated heterocycles. The predicted octanol–water partition coefficient (Wildman–Crippen LogP) is 2.25. The van der Waals surface area contributed by atoms with Crippen molar-refractivity contribution < 1.29 is 4.39 Å². The lowest BCUT2D eigenvalue weighted by Gasteiger charge is -2.00. The lowest BCUT2D eigenvalue weighted by molar-refractivity contribution is 0.619. The number of halogens is 1. The SMILES string of the molecule is Cc1nc2c(F)c(CCN)ccc2s1. The van der Waals surface area contributed by atoms with E-state index in [9.17, 15) is 4.39 Å². The molecule has 0 spiro atoms. The first-order valence-electron chi connectivity index (χ1n) is 4.47. The zero-order chi connectivity index (χ0) is 10.1. The van der Waals surface area contributed by atoms with Crippen LogP contribution in [0.1, 0.15) is 10.6 Å². The van der Waals surface area contributed by atoms with Gasteiger partial charge in [0.25, 0.3) is 0 Å². The van der Waals surface area contributed by atoms with E-state index in [1.54, 1.807) is 6.07 Å². The largest absolute Gasteiger partial charge is 0.330 e. The fourth-order valence-electron chi connectivity index (χ4n) is 1.46. The minimum atomic E-state index is -0.211. The van der Waals surface area contributed by atoms with E-state index < -0.39 is 0 Å². The van der Waals surface area contributed by atoms with E-state index in [1.807, 2.05) is 13.0 Å². The van der Waals surface area contributed by atoms with E-state index in [0.29, 0.717) is 24.0 Å². The fourth-order valence-corrected chi connectivity index (χ4v) is 2.29. The Hall–Kier alpha value is -1.00. The van der Waals surface area contributed by atoms with E-state index in [-0.39, 0.29) is 5.82 Å². The number of rotatable bonds is 2. The standard InChI is InChI=1S/C10H11FN2S/c1-6-13-10-8(14-6)3-2-7(4-5-12)9(10)11/h2-3H,4-5,12H2,1H3. The highest BCUT2D eigenvalue weighted by atomic mass is 32.1. The molecule has 0 saturated carbocycles. The zero-order valence-corrected chi connectivity index (χ0v) is 8.70. The van der Waals surface area contributed by atoms with Crippen LogP contribution in [-0.2, 0) is 6.42 Å². The van der Waals surface area contributed by atoms with Crippen molar-refractivity contribution in [3.8, 4) is 0 Å². The van der Waals surface area contributed by atoms with Crippen molar-refractivity contribution in [2.75, 3.05) is 6.54 Å². The first kappa shape index (κ1) is 9.55.